The lowest BCUT2D eigenvalue weighted by molar-refractivity contribution is -0.313. The van der Waals surface area contributed by atoms with Crippen molar-refractivity contribution in [3.8, 4) is 5.75 Å². The van der Waals surface area contributed by atoms with Crippen molar-refractivity contribution in [1.29, 1.82) is 0 Å². The minimum absolute atomic E-state index is 0.202. The molecule has 2 rings (SSSR count). The summed E-state index contributed by atoms with van der Waals surface area (Å²) < 4.78 is 17.5. The highest BCUT2D eigenvalue weighted by atomic mass is 31.2. The van der Waals surface area contributed by atoms with Crippen LogP contribution in [-0.2, 0) is 28.8 Å². The zero-order valence-electron chi connectivity index (χ0n) is 28.0. The Bertz CT molecular complexity index is 1110. The summed E-state index contributed by atoms with van der Waals surface area (Å²) in [5, 5.41) is 2.80. The number of carbonyl (C=O) groups excluding carboxylic acids is 1. The van der Waals surface area contributed by atoms with Gasteiger partial charge in [0.15, 0.2) is 0 Å². The van der Waals surface area contributed by atoms with Crippen molar-refractivity contribution in [3.05, 3.63) is 77.4 Å². The molecule has 0 unspecified atom stereocenters. The van der Waals surface area contributed by atoms with E-state index < -0.39 is 19.8 Å². The van der Waals surface area contributed by atoms with Gasteiger partial charge in [-0.1, -0.05) is 128 Å². The third kappa shape index (κ3) is 20.4. The van der Waals surface area contributed by atoms with Crippen molar-refractivity contribution in [1.82, 2.24) is 5.32 Å². The smallest absolute Gasteiger partial charge is 0.220 e. The van der Waals surface area contributed by atoms with Crippen LogP contribution in [0.15, 0.2) is 60.7 Å². The number of hydrogen-bond acceptors (Lipinski definition) is 5. The highest BCUT2D eigenvalue weighted by Crippen LogP contribution is 2.26. The van der Waals surface area contributed by atoms with E-state index in [2.05, 4.69) is 55.6 Å². The monoisotopic (exact) mass is 639 g/mol. The van der Waals surface area contributed by atoms with Crippen LogP contribution in [0.3, 0.4) is 0 Å². The van der Waals surface area contributed by atoms with Crippen molar-refractivity contribution >= 4 is 13.5 Å². The lowest BCUT2D eigenvalue weighted by Gasteiger charge is -2.34. The molecule has 1 amide bonds. The third-order valence-electron chi connectivity index (χ3n) is 8.13. The summed E-state index contributed by atoms with van der Waals surface area (Å²) in [6, 6.07) is 15.2. The predicted molar refractivity (Wildman–Crippen MR) is 183 cm³/mol. The van der Waals surface area contributed by atoms with Gasteiger partial charge in [0, 0.05) is 12.5 Å². The van der Waals surface area contributed by atoms with E-state index in [0.717, 1.165) is 49.7 Å². The normalized spacial score (nSPS) is 12.4. The van der Waals surface area contributed by atoms with Gasteiger partial charge in [0.1, 0.15) is 12.4 Å². The maximum Gasteiger partial charge on any atom is 0.220 e. The van der Waals surface area contributed by atoms with Gasteiger partial charge < -0.3 is 24.4 Å². The molecule has 0 radical (unpaired) electrons. The SMILES string of the molecule is CCCCCCC/C=C\CCCCCCCC(=O)N[C@@H](Cc1ccc(OCc2ccc(CCCCC)cc2)cc1)CP(=O)([O-])[O-]. The molecule has 1 N–H and O–H groups in total. The number of amides is 1. The molecule has 2 aromatic carbocycles. The highest BCUT2D eigenvalue weighted by molar-refractivity contribution is 7.48. The quantitative estimate of drug-likeness (QED) is 0.0631. The van der Waals surface area contributed by atoms with E-state index >= 15 is 0 Å². The van der Waals surface area contributed by atoms with Crippen LogP contribution in [0.4, 0.5) is 0 Å². The number of allylic oxidation sites excluding steroid dienone is 2. The van der Waals surface area contributed by atoms with E-state index in [1.165, 1.54) is 69.8 Å². The number of aryl methyl sites for hydroxylation is 1. The van der Waals surface area contributed by atoms with Crippen LogP contribution >= 0.6 is 7.60 Å². The van der Waals surface area contributed by atoms with Gasteiger partial charge >= 0.3 is 0 Å². The number of unbranched alkanes of at least 4 members (excludes halogenated alkanes) is 12. The lowest BCUT2D eigenvalue weighted by atomic mass is 10.1. The van der Waals surface area contributed by atoms with E-state index in [0.29, 0.717) is 18.8 Å². The number of nitrogens with one attached hydrogen (secondary N) is 1. The molecule has 0 saturated heterocycles. The minimum atomic E-state index is -4.79. The summed E-state index contributed by atoms with van der Waals surface area (Å²) in [5.41, 5.74) is 3.28. The molecular weight excluding hydrogens is 581 g/mol. The van der Waals surface area contributed by atoms with Crippen molar-refractivity contribution in [3.63, 3.8) is 0 Å². The standard InChI is InChI=1S/C38H60NO5P/c1-3-5-7-8-9-10-11-12-13-14-15-16-17-19-21-38(40)39-36(32-45(41,42)43)30-34-26-28-37(29-27-34)44-31-35-24-22-33(23-25-35)20-18-6-4-2/h11-12,22-29,36H,3-10,13-21,30-32H2,1-2H3,(H,39,40)(H2,41,42,43)/p-2/b12-11-/t36-/m0/s1. The molecule has 252 valence electrons. The fourth-order valence-corrected chi connectivity index (χ4v) is 6.22. The van der Waals surface area contributed by atoms with Crippen molar-refractivity contribution in [2.45, 2.75) is 142 Å². The number of ether oxygens (including phenoxy) is 1. The van der Waals surface area contributed by atoms with Crippen LogP contribution < -0.4 is 19.8 Å². The van der Waals surface area contributed by atoms with Gasteiger partial charge in [-0.15, -0.1) is 0 Å². The molecule has 0 spiro atoms. The molecule has 0 aliphatic rings. The minimum Gasteiger partial charge on any atom is -0.811 e. The molecule has 0 aromatic heterocycles. The van der Waals surface area contributed by atoms with E-state index in [-0.39, 0.29) is 12.3 Å². The molecule has 0 bridgehead atoms. The first-order valence-corrected chi connectivity index (χ1v) is 19.3. The van der Waals surface area contributed by atoms with Crippen LogP contribution in [0.5, 0.6) is 5.75 Å². The number of carbonyl (C=O) groups is 1. The Morgan fingerprint density at radius 1 is 0.733 bits per heavy atom. The number of benzene rings is 2. The van der Waals surface area contributed by atoms with Gasteiger partial charge in [0.2, 0.25) is 5.91 Å². The third-order valence-corrected chi connectivity index (χ3v) is 9.02. The first kappa shape index (κ1) is 38.8. The number of hydrogen-bond donors (Lipinski definition) is 1. The Labute approximate surface area is 273 Å². The fourth-order valence-electron chi connectivity index (χ4n) is 5.46. The van der Waals surface area contributed by atoms with E-state index in [4.69, 9.17) is 4.74 Å². The molecule has 0 aliphatic carbocycles. The molecule has 0 saturated carbocycles. The molecule has 0 aliphatic heterocycles. The first-order valence-electron chi connectivity index (χ1n) is 17.5. The molecule has 2 aromatic rings. The molecule has 0 fully saturated rings. The first-order chi connectivity index (χ1) is 21.8. The second kappa shape index (κ2) is 23.9. The van der Waals surface area contributed by atoms with Crippen LogP contribution in [0.1, 0.15) is 133 Å². The Hall–Kier alpha value is -2.40. The fraction of sp³-hybridized carbons (Fsp3) is 0.605. The zero-order chi connectivity index (χ0) is 32.6. The maximum absolute atomic E-state index is 12.6. The molecule has 7 heteroatoms. The summed E-state index contributed by atoms with van der Waals surface area (Å²) in [7, 11) is -4.79. The average Bonchev–Trinajstić information content (AvgIpc) is 3.01. The average molecular weight is 640 g/mol. The summed E-state index contributed by atoms with van der Waals surface area (Å²) in [6.45, 7) is 4.91. The summed E-state index contributed by atoms with van der Waals surface area (Å²) in [5.74, 6) is 0.505. The second-order valence-electron chi connectivity index (χ2n) is 12.4. The van der Waals surface area contributed by atoms with Crippen molar-refractivity contribution < 1.29 is 23.9 Å². The lowest BCUT2D eigenvalue weighted by Crippen LogP contribution is -2.41. The zero-order valence-corrected chi connectivity index (χ0v) is 28.9. The summed E-state index contributed by atoms with van der Waals surface area (Å²) in [4.78, 5) is 35.7. The second-order valence-corrected chi connectivity index (χ2v) is 14.0. The van der Waals surface area contributed by atoms with Crippen LogP contribution in [0.25, 0.3) is 0 Å². The predicted octanol–water partition coefficient (Wildman–Crippen LogP) is 8.59. The molecule has 1 atom stereocenters. The maximum atomic E-state index is 12.6. The summed E-state index contributed by atoms with van der Waals surface area (Å²) >= 11 is 0. The van der Waals surface area contributed by atoms with E-state index in [9.17, 15) is 19.1 Å². The van der Waals surface area contributed by atoms with Gasteiger partial charge in [0.05, 0.1) is 0 Å². The highest BCUT2D eigenvalue weighted by Gasteiger charge is 2.15. The van der Waals surface area contributed by atoms with Crippen LogP contribution in [-0.4, -0.2) is 18.1 Å². The van der Waals surface area contributed by atoms with Crippen molar-refractivity contribution in [2.75, 3.05) is 6.16 Å². The van der Waals surface area contributed by atoms with Gasteiger partial charge in [-0.25, -0.2) is 0 Å². The van der Waals surface area contributed by atoms with Crippen LogP contribution in [0, 0.1) is 0 Å². The van der Waals surface area contributed by atoms with Gasteiger partial charge in [-0.2, -0.15) is 0 Å². The van der Waals surface area contributed by atoms with E-state index in [1.807, 2.05) is 24.3 Å². The molecule has 0 heterocycles. The van der Waals surface area contributed by atoms with E-state index in [1.54, 1.807) is 0 Å². The number of rotatable bonds is 26. The molecule has 45 heavy (non-hydrogen) atoms. The molecular formula is C38H58NO5P-2. The van der Waals surface area contributed by atoms with Gasteiger partial charge in [0.25, 0.3) is 0 Å². The largest absolute Gasteiger partial charge is 0.811 e. The van der Waals surface area contributed by atoms with Gasteiger partial charge in [-0.05, 0) is 86.4 Å². The Morgan fingerprint density at radius 2 is 1.27 bits per heavy atom. The van der Waals surface area contributed by atoms with Crippen molar-refractivity contribution in [2.24, 2.45) is 0 Å². The topological polar surface area (TPSA) is 102 Å². The Balaban J connectivity index is 1.67. The van der Waals surface area contributed by atoms with Crippen LogP contribution in [0.2, 0.25) is 0 Å². The molecule has 6 nitrogen and oxygen atoms in total. The Morgan fingerprint density at radius 3 is 1.89 bits per heavy atom. The Kier molecular flexibility index (Phi) is 20.6. The van der Waals surface area contributed by atoms with Gasteiger partial charge in [-0.3, -0.25) is 4.79 Å². The summed E-state index contributed by atoms with van der Waals surface area (Å²) in [6.07, 6.45) is 23.4.